The first kappa shape index (κ1) is 10.6. The highest BCUT2D eigenvalue weighted by Crippen LogP contribution is 2.24. The predicted octanol–water partition coefficient (Wildman–Crippen LogP) is 3.63. The summed E-state index contributed by atoms with van der Waals surface area (Å²) >= 11 is 5.22. The van der Waals surface area contributed by atoms with Gasteiger partial charge in [0.25, 0.3) is 0 Å². The van der Waals surface area contributed by atoms with Crippen LogP contribution in [0.3, 0.4) is 0 Å². The number of benzene rings is 1. The van der Waals surface area contributed by atoms with Crippen molar-refractivity contribution in [1.82, 2.24) is 0 Å². The molecule has 0 aromatic heterocycles. The Morgan fingerprint density at radius 3 is 2.85 bits per heavy atom. The second-order valence-electron chi connectivity index (χ2n) is 2.62. The summed E-state index contributed by atoms with van der Waals surface area (Å²) in [5, 5.41) is 8.45. The van der Waals surface area contributed by atoms with E-state index in [1.807, 2.05) is 0 Å². The Bertz CT molecular complexity index is 330. The largest absolute Gasteiger partial charge is 0.198 e. The van der Waals surface area contributed by atoms with Crippen molar-refractivity contribution in [2.24, 2.45) is 0 Å². The second kappa shape index (κ2) is 5.31. The highest BCUT2D eigenvalue weighted by atomic mass is 79.9. The van der Waals surface area contributed by atoms with Gasteiger partial charge >= 0.3 is 0 Å². The molecule has 0 N–H and O–H groups in total. The van der Waals surface area contributed by atoms with Crippen molar-refractivity contribution >= 4 is 27.7 Å². The average molecular weight is 256 g/mol. The lowest BCUT2D eigenvalue weighted by Crippen LogP contribution is -1.85. The van der Waals surface area contributed by atoms with E-state index >= 15 is 0 Å². The maximum atomic E-state index is 8.45. The van der Waals surface area contributed by atoms with Crippen molar-refractivity contribution in [3.05, 3.63) is 28.2 Å². The lowest BCUT2D eigenvalue weighted by Gasteiger charge is -2.03. The van der Waals surface area contributed by atoms with Gasteiger partial charge in [-0.3, -0.25) is 0 Å². The molecule has 1 aromatic rings. The van der Waals surface area contributed by atoms with Crippen LogP contribution in [0.1, 0.15) is 12.0 Å². The van der Waals surface area contributed by atoms with Crippen LogP contribution >= 0.6 is 27.7 Å². The monoisotopic (exact) mass is 255 g/mol. The van der Waals surface area contributed by atoms with Crippen molar-refractivity contribution < 1.29 is 0 Å². The lowest BCUT2D eigenvalue weighted by molar-refractivity contribution is 1.000. The van der Waals surface area contributed by atoms with Crippen molar-refractivity contribution in [3.63, 3.8) is 0 Å². The van der Waals surface area contributed by atoms with Crippen molar-refractivity contribution in [2.45, 2.75) is 17.7 Å². The molecule has 0 amide bonds. The van der Waals surface area contributed by atoms with E-state index in [1.54, 1.807) is 11.8 Å². The number of nitriles is 1. The van der Waals surface area contributed by atoms with E-state index < -0.39 is 0 Å². The third kappa shape index (κ3) is 3.06. The van der Waals surface area contributed by atoms with Crippen LogP contribution in [0.4, 0.5) is 0 Å². The minimum absolute atomic E-state index is 0.581. The van der Waals surface area contributed by atoms with Gasteiger partial charge in [0.05, 0.1) is 6.07 Å². The molecular formula is C10H10BrNS. The molecule has 0 aliphatic carbocycles. The molecule has 0 radical (unpaired) electrons. The van der Waals surface area contributed by atoms with E-state index in [0.717, 1.165) is 10.9 Å². The fraction of sp³-hybridized carbons (Fsp3) is 0.300. The Labute approximate surface area is 91.3 Å². The average Bonchev–Trinajstić information content (AvgIpc) is 2.16. The van der Waals surface area contributed by atoms with Gasteiger partial charge in [-0.1, -0.05) is 22.0 Å². The zero-order valence-electron chi connectivity index (χ0n) is 7.38. The van der Waals surface area contributed by atoms with Crippen molar-refractivity contribution in [1.29, 1.82) is 5.26 Å². The van der Waals surface area contributed by atoms with E-state index in [2.05, 4.69) is 46.5 Å². The summed E-state index contributed by atoms with van der Waals surface area (Å²) in [5.41, 5.74) is 1.21. The van der Waals surface area contributed by atoms with Crippen LogP contribution in [-0.4, -0.2) is 6.26 Å². The van der Waals surface area contributed by atoms with Gasteiger partial charge in [0.2, 0.25) is 0 Å². The highest BCUT2D eigenvalue weighted by Gasteiger charge is 2.00. The quantitative estimate of drug-likeness (QED) is 0.771. The molecule has 3 heteroatoms. The van der Waals surface area contributed by atoms with E-state index in [0.29, 0.717) is 6.42 Å². The van der Waals surface area contributed by atoms with Crippen LogP contribution in [0.2, 0.25) is 0 Å². The molecule has 0 unspecified atom stereocenters. The van der Waals surface area contributed by atoms with Gasteiger partial charge in [-0.25, -0.2) is 0 Å². The van der Waals surface area contributed by atoms with Crippen LogP contribution in [-0.2, 0) is 6.42 Å². The smallest absolute Gasteiger partial charge is 0.0625 e. The molecule has 1 aromatic carbocycles. The van der Waals surface area contributed by atoms with Gasteiger partial charge in [-0.15, -0.1) is 11.8 Å². The zero-order valence-corrected chi connectivity index (χ0v) is 9.78. The molecule has 0 heterocycles. The minimum Gasteiger partial charge on any atom is -0.198 e. The van der Waals surface area contributed by atoms with Gasteiger partial charge in [0, 0.05) is 15.8 Å². The first-order chi connectivity index (χ1) is 6.27. The van der Waals surface area contributed by atoms with Gasteiger partial charge in [0.15, 0.2) is 0 Å². The molecule has 0 fully saturated rings. The van der Waals surface area contributed by atoms with Gasteiger partial charge < -0.3 is 0 Å². The summed E-state index contributed by atoms with van der Waals surface area (Å²) in [5.74, 6) is 0. The molecule has 0 saturated carbocycles. The zero-order chi connectivity index (χ0) is 9.68. The Balaban J connectivity index is 2.80. The summed E-state index contributed by atoms with van der Waals surface area (Å²) in [6.45, 7) is 0. The molecule has 68 valence electrons. The standard InChI is InChI=1S/C10H10BrNS/c1-13-9-5-4-8(3-2-6-12)10(11)7-9/h4-5,7H,2-3H2,1H3. The number of halogens is 1. The van der Waals surface area contributed by atoms with Gasteiger partial charge in [-0.2, -0.15) is 5.26 Å². The fourth-order valence-corrected chi connectivity index (χ4v) is 2.22. The predicted molar refractivity (Wildman–Crippen MR) is 59.9 cm³/mol. The van der Waals surface area contributed by atoms with Gasteiger partial charge in [0.1, 0.15) is 0 Å². The van der Waals surface area contributed by atoms with E-state index in [1.165, 1.54) is 10.5 Å². The van der Waals surface area contributed by atoms with E-state index in [-0.39, 0.29) is 0 Å². The molecule has 0 aliphatic heterocycles. The first-order valence-corrected chi connectivity index (χ1v) is 5.99. The Morgan fingerprint density at radius 1 is 1.54 bits per heavy atom. The van der Waals surface area contributed by atoms with Crippen LogP contribution in [0.25, 0.3) is 0 Å². The van der Waals surface area contributed by atoms with Crippen molar-refractivity contribution in [2.75, 3.05) is 6.26 Å². The maximum Gasteiger partial charge on any atom is 0.0625 e. The van der Waals surface area contributed by atoms with Crippen LogP contribution in [0, 0.1) is 11.3 Å². The molecule has 0 spiro atoms. The Kier molecular flexibility index (Phi) is 4.34. The summed E-state index contributed by atoms with van der Waals surface area (Å²) in [7, 11) is 0. The topological polar surface area (TPSA) is 23.8 Å². The highest BCUT2D eigenvalue weighted by molar-refractivity contribution is 9.10. The Hall–Kier alpha value is -0.460. The molecule has 13 heavy (non-hydrogen) atoms. The number of hydrogen-bond donors (Lipinski definition) is 0. The fourth-order valence-electron chi connectivity index (χ4n) is 1.05. The first-order valence-electron chi connectivity index (χ1n) is 3.97. The summed E-state index contributed by atoms with van der Waals surface area (Å²) < 4.78 is 1.11. The van der Waals surface area contributed by atoms with Crippen LogP contribution in [0.5, 0.6) is 0 Å². The molecular weight excluding hydrogens is 246 g/mol. The van der Waals surface area contributed by atoms with E-state index in [9.17, 15) is 0 Å². The summed E-state index contributed by atoms with van der Waals surface area (Å²) in [6, 6.07) is 8.40. The maximum absolute atomic E-state index is 8.45. The van der Waals surface area contributed by atoms with E-state index in [4.69, 9.17) is 5.26 Å². The molecule has 0 atom stereocenters. The molecule has 1 nitrogen and oxygen atoms in total. The van der Waals surface area contributed by atoms with Crippen molar-refractivity contribution in [3.8, 4) is 6.07 Å². The van der Waals surface area contributed by atoms with Gasteiger partial charge in [-0.05, 0) is 30.4 Å². The second-order valence-corrected chi connectivity index (χ2v) is 4.35. The normalized spacial score (nSPS) is 9.62. The summed E-state index contributed by atoms with van der Waals surface area (Å²) in [6.07, 6.45) is 3.46. The Morgan fingerprint density at radius 2 is 2.31 bits per heavy atom. The third-order valence-corrected chi connectivity index (χ3v) is 3.23. The number of nitrogens with zero attached hydrogens (tertiary/aromatic N) is 1. The van der Waals surface area contributed by atoms with Crippen LogP contribution < -0.4 is 0 Å². The number of aryl methyl sites for hydroxylation is 1. The molecule has 1 rings (SSSR count). The molecule has 0 aliphatic rings. The minimum atomic E-state index is 0.581. The third-order valence-electron chi connectivity index (χ3n) is 1.77. The number of hydrogen-bond acceptors (Lipinski definition) is 2. The lowest BCUT2D eigenvalue weighted by atomic mass is 10.1. The number of thioether (sulfide) groups is 1. The SMILES string of the molecule is CSc1ccc(CCC#N)c(Br)c1. The summed E-state index contributed by atoms with van der Waals surface area (Å²) in [4.78, 5) is 1.24. The van der Waals surface area contributed by atoms with Crippen LogP contribution in [0.15, 0.2) is 27.6 Å². The molecule has 0 saturated heterocycles. The molecule has 0 bridgehead atoms. The number of rotatable bonds is 3.